The Kier molecular flexibility index (Phi) is 14.4. The van der Waals surface area contributed by atoms with Gasteiger partial charge in [0.1, 0.15) is 12.4 Å². The van der Waals surface area contributed by atoms with Gasteiger partial charge < -0.3 is 9.47 Å². The van der Waals surface area contributed by atoms with E-state index in [-0.39, 0.29) is 18.2 Å². The van der Waals surface area contributed by atoms with Gasteiger partial charge >= 0.3 is 42.1 Å². The second kappa shape index (κ2) is 16.7. The standard InChI is InChI=1S/C29H29F17N2O3/c1-2-3-4-5-6-7-14-50-19-15-18(22-47-11-9-12-48-22)21(31)20(30)17(19)10-8-13-49-16-23(32,33)24(34,35)28(43,44)51-29(45,46)26(38,39)25(36,37)27(40,41)42/h9,11-12,15H,2-8,10,13-14,16H2,1H3. The molecule has 1 aromatic carbocycles. The summed E-state index contributed by atoms with van der Waals surface area (Å²) >= 11 is 0. The zero-order valence-electron chi connectivity index (χ0n) is 26.1. The van der Waals surface area contributed by atoms with Gasteiger partial charge in [-0.05, 0) is 31.4 Å². The van der Waals surface area contributed by atoms with Gasteiger partial charge in [-0.3, -0.25) is 0 Å². The van der Waals surface area contributed by atoms with E-state index in [0.29, 0.717) is 12.8 Å². The molecule has 0 saturated heterocycles. The van der Waals surface area contributed by atoms with E-state index in [1.807, 2.05) is 6.92 Å². The van der Waals surface area contributed by atoms with E-state index >= 15 is 4.39 Å². The lowest BCUT2D eigenvalue weighted by Gasteiger charge is -2.37. The van der Waals surface area contributed by atoms with Crippen LogP contribution in [-0.4, -0.2) is 71.9 Å². The third-order valence-corrected chi connectivity index (χ3v) is 7.03. The smallest absolute Gasteiger partial charge is 0.460 e. The number of rotatable bonds is 21. The number of halogens is 17. The highest BCUT2D eigenvalue weighted by Gasteiger charge is 2.86. The molecule has 0 amide bonds. The van der Waals surface area contributed by atoms with Crippen LogP contribution in [0.4, 0.5) is 74.6 Å². The Balaban J connectivity index is 2.16. The maximum atomic E-state index is 15.2. The molecule has 0 unspecified atom stereocenters. The fourth-order valence-corrected chi connectivity index (χ4v) is 4.17. The van der Waals surface area contributed by atoms with Crippen molar-refractivity contribution in [2.45, 2.75) is 100 Å². The molecular formula is C29H29F17N2O3. The van der Waals surface area contributed by atoms with Gasteiger partial charge in [0.25, 0.3) is 0 Å². The summed E-state index contributed by atoms with van der Waals surface area (Å²) in [6, 6.07) is 2.41. The predicted molar refractivity (Wildman–Crippen MR) is 142 cm³/mol. The highest BCUT2D eigenvalue weighted by atomic mass is 19.4. The molecule has 0 fully saturated rings. The first kappa shape index (κ1) is 44.0. The summed E-state index contributed by atoms with van der Waals surface area (Å²) in [5, 5.41) is 0. The molecule has 0 bridgehead atoms. The molecule has 0 saturated carbocycles. The van der Waals surface area contributed by atoms with Gasteiger partial charge in [-0.1, -0.05) is 39.0 Å². The summed E-state index contributed by atoms with van der Waals surface area (Å²) in [6.45, 7) is -1.99. The highest BCUT2D eigenvalue weighted by molar-refractivity contribution is 5.60. The largest absolute Gasteiger partial charge is 0.493 e. The van der Waals surface area contributed by atoms with Crippen molar-refractivity contribution in [2.75, 3.05) is 19.8 Å². The Morgan fingerprint density at radius 3 is 1.75 bits per heavy atom. The van der Waals surface area contributed by atoms with Gasteiger partial charge in [-0.15, -0.1) is 0 Å². The normalized spacial score (nSPS) is 13.9. The first-order valence-electron chi connectivity index (χ1n) is 14.8. The molecule has 5 nitrogen and oxygen atoms in total. The Morgan fingerprint density at radius 1 is 0.627 bits per heavy atom. The molecule has 2 rings (SSSR count). The van der Waals surface area contributed by atoms with Crippen molar-refractivity contribution in [3.8, 4) is 17.1 Å². The van der Waals surface area contributed by atoms with Crippen LogP contribution in [0.1, 0.15) is 57.4 Å². The molecule has 0 atom stereocenters. The molecule has 22 heteroatoms. The van der Waals surface area contributed by atoms with Gasteiger partial charge in [-0.25, -0.2) is 23.5 Å². The highest BCUT2D eigenvalue weighted by Crippen LogP contribution is 2.57. The number of aromatic nitrogens is 2. The van der Waals surface area contributed by atoms with E-state index in [0.717, 1.165) is 31.7 Å². The van der Waals surface area contributed by atoms with E-state index in [1.165, 1.54) is 18.5 Å². The molecule has 0 spiro atoms. The summed E-state index contributed by atoms with van der Waals surface area (Å²) < 4.78 is 241. The third-order valence-electron chi connectivity index (χ3n) is 7.03. The van der Waals surface area contributed by atoms with Crippen molar-refractivity contribution >= 4 is 0 Å². The summed E-state index contributed by atoms with van der Waals surface area (Å²) in [5.41, 5.74) is -0.959. The van der Waals surface area contributed by atoms with Gasteiger partial charge in [0.2, 0.25) is 0 Å². The predicted octanol–water partition coefficient (Wildman–Crippen LogP) is 10.4. The first-order chi connectivity index (χ1) is 23.3. The van der Waals surface area contributed by atoms with Crippen LogP contribution in [0.15, 0.2) is 24.5 Å². The van der Waals surface area contributed by atoms with Gasteiger partial charge in [0.15, 0.2) is 17.5 Å². The Bertz CT molecular complexity index is 1410. The summed E-state index contributed by atoms with van der Waals surface area (Å²) in [4.78, 5) is 7.63. The number of nitrogens with zero attached hydrogens (tertiary/aromatic N) is 2. The van der Waals surface area contributed by atoms with E-state index in [2.05, 4.69) is 14.7 Å². The van der Waals surface area contributed by atoms with E-state index in [4.69, 9.17) is 4.74 Å². The van der Waals surface area contributed by atoms with Crippen LogP contribution in [0.2, 0.25) is 0 Å². The molecule has 1 heterocycles. The third kappa shape index (κ3) is 9.83. The fourth-order valence-electron chi connectivity index (χ4n) is 4.17. The Labute approximate surface area is 278 Å². The molecule has 0 aliphatic carbocycles. The van der Waals surface area contributed by atoms with Crippen molar-refractivity contribution in [2.24, 2.45) is 0 Å². The van der Waals surface area contributed by atoms with Crippen LogP contribution < -0.4 is 4.74 Å². The maximum Gasteiger partial charge on any atom is 0.460 e. The lowest BCUT2D eigenvalue weighted by atomic mass is 10.0. The van der Waals surface area contributed by atoms with Crippen LogP contribution in [0.3, 0.4) is 0 Å². The van der Waals surface area contributed by atoms with Crippen LogP contribution in [0.25, 0.3) is 11.4 Å². The lowest BCUT2D eigenvalue weighted by molar-refractivity contribution is -0.513. The van der Waals surface area contributed by atoms with E-state index in [1.54, 1.807) is 4.74 Å². The molecular weight excluding hydrogens is 747 g/mol. The average Bonchev–Trinajstić information content (AvgIpc) is 3.02. The molecule has 0 N–H and O–H groups in total. The van der Waals surface area contributed by atoms with Gasteiger partial charge in [-0.2, -0.15) is 65.9 Å². The van der Waals surface area contributed by atoms with Gasteiger partial charge in [0.05, 0.1) is 12.2 Å². The zero-order chi connectivity index (χ0) is 39.1. The van der Waals surface area contributed by atoms with Crippen molar-refractivity contribution < 1.29 is 88.8 Å². The van der Waals surface area contributed by atoms with Crippen LogP contribution in [0.5, 0.6) is 5.75 Å². The number of alkyl halides is 15. The van der Waals surface area contributed by atoms with Crippen LogP contribution in [-0.2, 0) is 15.9 Å². The van der Waals surface area contributed by atoms with Gasteiger partial charge in [0, 0.05) is 24.6 Å². The lowest BCUT2D eigenvalue weighted by Crippen LogP contribution is -2.66. The number of unbranched alkanes of at least 4 members (excludes halogenated alkanes) is 5. The second-order valence-electron chi connectivity index (χ2n) is 10.9. The molecule has 2 aromatic rings. The Morgan fingerprint density at radius 2 is 1.18 bits per heavy atom. The number of hydrogen-bond donors (Lipinski definition) is 0. The fraction of sp³-hybridized carbons (Fsp3) is 0.655. The topological polar surface area (TPSA) is 53.5 Å². The zero-order valence-corrected chi connectivity index (χ0v) is 26.1. The molecule has 0 radical (unpaired) electrons. The SMILES string of the molecule is CCCCCCCCOc1cc(-c2ncccn2)c(F)c(F)c1CCCOCC(F)(F)C(F)(F)C(F)(F)OC(F)(F)C(F)(F)C(F)(F)C(F)(F)F. The summed E-state index contributed by atoms with van der Waals surface area (Å²) in [7, 11) is 0. The van der Waals surface area contributed by atoms with Crippen molar-refractivity contribution in [1.82, 2.24) is 9.97 Å². The molecule has 292 valence electrons. The maximum absolute atomic E-state index is 15.2. The molecule has 1 aromatic heterocycles. The van der Waals surface area contributed by atoms with E-state index < -0.39 is 90.9 Å². The molecule has 0 aliphatic heterocycles. The van der Waals surface area contributed by atoms with Crippen molar-refractivity contribution in [3.05, 3.63) is 41.7 Å². The molecule has 51 heavy (non-hydrogen) atoms. The van der Waals surface area contributed by atoms with Crippen LogP contribution in [0, 0.1) is 11.6 Å². The summed E-state index contributed by atoms with van der Waals surface area (Å²) in [5.74, 6) is -33.0. The van der Waals surface area contributed by atoms with E-state index in [9.17, 15) is 70.2 Å². The number of ether oxygens (including phenoxy) is 3. The number of hydrogen-bond acceptors (Lipinski definition) is 5. The minimum Gasteiger partial charge on any atom is -0.493 e. The summed E-state index contributed by atoms with van der Waals surface area (Å²) in [6.07, 6.45) is -16.8. The Hall–Kier alpha value is -3.17. The first-order valence-corrected chi connectivity index (χ1v) is 14.8. The quantitative estimate of drug-likeness (QED) is 0.0934. The van der Waals surface area contributed by atoms with Crippen LogP contribution >= 0.6 is 0 Å². The second-order valence-corrected chi connectivity index (χ2v) is 10.9. The minimum absolute atomic E-state index is 0.00774. The van der Waals surface area contributed by atoms with Crippen molar-refractivity contribution in [1.29, 1.82) is 0 Å². The monoisotopic (exact) mass is 776 g/mol. The van der Waals surface area contributed by atoms with Crippen molar-refractivity contribution in [3.63, 3.8) is 0 Å². The minimum atomic E-state index is -8.00. The number of benzene rings is 1. The average molecular weight is 777 g/mol. The molecule has 0 aliphatic rings.